The van der Waals surface area contributed by atoms with E-state index in [1.807, 2.05) is 27.7 Å². The Bertz CT molecular complexity index is 821. The highest BCUT2D eigenvalue weighted by atomic mass is 16.6. The van der Waals surface area contributed by atoms with Crippen molar-refractivity contribution in [2.45, 2.75) is 72.3 Å². The van der Waals surface area contributed by atoms with Crippen molar-refractivity contribution in [1.29, 1.82) is 0 Å². The third kappa shape index (κ3) is 11.3. The highest BCUT2D eigenvalue weighted by molar-refractivity contribution is 5.77. The molecule has 1 aromatic carbocycles. The maximum absolute atomic E-state index is 12.3. The van der Waals surface area contributed by atoms with Crippen LogP contribution in [-0.4, -0.2) is 50.2 Å². The van der Waals surface area contributed by atoms with Crippen molar-refractivity contribution in [3.05, 3.63) is 23.8 Å². The van der Waals surface area contributed by atoms with Crippen LogP contribution >= 0.6 is 0 Å². The van der Waals surface area contributed by atoms with E-state index >= 15 is 0 Å². The lowest BCUT2D eigenvalue weighted by atomic mass is 10.1. The third-order valence-corrected chi connectivity index (χ3v) is 4.62. The van der Waals surface area contributed by atoms with E-state index in [0.717, 1.165) is 0 Å². The maximum Gasteiger partial charge on any atom is 0.323 e. The van der Waals surface area contributed by atoms with Crippen LogP contribution in [0.4, 0.5) is 0 Å². The number of hydrogen-bond donors (Lipinski definition) is 1. The predicted molar refractivity (Wildman–Crippen MR) is 125 cm³/mol. The van der Waals surface area contributed by atoms with Crippen LogP contribution in [0.25, 0.3) is 0 Å². The Morgan fingerprint density at radius 1 is 0.912 bits per heavy atom. The first-order valence-corrected chi connectivity index (χ1v) is 11.7. The molecule has 0 unspecified atom stereocenters. The average Bonchev–Trinajstić information content (AvgIpc) is 2.76. The lowest BCUT2D eigenvalue weighted by molar-refractivity contribution is -0.144. The number of carbonyl (C=O) groups is 4. The molecule has 0 fully saturated rings. The molecule has 1 atom stereocenters. The van der Waals surface area contributed by atoms with Gasteiger partial charge < -0.3 is 24.3 Å². The lowest BCUT2D eigenvalue weighted by Gasteiger charge is -2.18. The Morgan fingerprint density at radius 3 is 2.09 bits per heavy atom. The first-order valence-electron chi connectivity index (χ1n) is 11.7. The average molecular weight is 480 g/mol. The first-order chi connectivity index (χ1) is 16.2. The van der Waals surface area contributed by atoms with Crippen molar-refractivity contribution >= 4 is 23.9 Å². The zero-order valence-corrected chi connectivity index (χ0v) is 20.8. The summed E-state index contributed by atoms with van der Waals surface area (Å²) in [6, 6.07) is 4.08. The molecule has 0 aliphatic heterocycles. The largest absolute Gasteiger partial charge is 0.468 e. The number of esters is 4. The summed E-state index contributed by atoms with van der Waals surface area (Å²) in [5.74, 6) is -1.19. The van der Waals surface area contributed by atoms with Gasteiger partial charge in [-0.15, -0.1) is 0 Å². The second-order valence-corrected chi connectivity index (χ2v) is 8.28. The van der Waals surface area contributed by atoms with Gasteiger partial charge in [-0.25, -0.2) is 0 Å². The van der Waals surface area contributed by atoms with Crippen LogP contribution < -0.4 is 14.8 Å². The second kappa shape index (κ2) is 15.8. The number of nitrogens with one attached hydrogen (secondary N) is 1. The number of hydrogen-bond acceptors (Lipinski definition) is 9. The van der Waals surface area contributed by atoms with E-state index in [1.165, 1.54) is 7.11 Å². The van der Waals surface area contributed by atoms with Gasteiger partial charge in [-0.05, 0) is 42.9 Å². The number of ether oxygens (including phenoxy) is 4. The fourth-order valence-corrected chi connectivity index (χ4v) is 3.01. The summed E-state index contributed by atoms with van der Waals surface area (Å²) in [5, 5.41) is 3.03. The highest BCUT2D eigenvalue weighted by Crippen LogP contribution is 2.30. The molecule has 0 saturated heterocycles. The molecule has 0 aliphatic rings. The summed E-state index contributed by atoms with van der Waals surface area (Å²) >= 11 is 0. The first kappa shape index (κ1) is 29.1. The normalized spacial score (nSPS) is 11.6. The molecule has 0 amide bonds. The molecule has 0 saturated carbocycles. The van der Waals surface area contributed by atoms with Gasteiger partial charge in [0, 0.05) is 25.8 Å². The van der Waals surface area contributed by atoms with Crippen molar-refractivity contribution in [2.75, 3.05) is 20.3 Å². The number of benzene rings is 1. The van der Waals surface area contributed by atoms with Crippen LogP contribution in [0.1, 0.15) is 65.4 Å². The quantitative estimate of drug-likeness (QED) is 0.229. The SMILES string of the molecule is CCCC(=O)Oc1ccc(C[C@H](NCCOC(=O)CC(C)C)C(=O)OC)cc1OC(=O)CCC. The fraction of sp³-hybridized carbons (Fsp3) is 0.600. The highest BCUT2D eigenvalue weighted by Gasteiger charge is 2.21. The van der Waals surface area contributed by atoms with Crippen LogP contribution in [0.5, 0.6) is 11.5 Å². The fourth-order valence-electron chi connectivity index (χ4n) is 3.01. The van der Waals surface area contributed by atoms with Crippen LogP contribution in [-0.2, 0) is 35.1 Å². The summed E-state index contributed by atoms with van der Waals surface area (Å²) in [5.41, 5.74) is 0.661. The molecule has 190 valence electrons. The van der Waals surface area contributed by atoms with Crippen LogP contribution in [0.3, 0.4) is 0 Å². The zero-order valence-electron chi connectivity index (χ0n) is 20.8. The van der Waals surface area contributed by atoms with Crippen molar-refractivity contribution in [2.24, 2.45) is 5.92 Å². The smallest absolute Gasteiger partial charge is 0.323 e. The summed E-state index contributed by atoms with van der Waals surface area (Å²) < 4.78 is 20.8. The van der Waals surface area contributed by atoms with Crippen molar-refractivity contribution in [1.82, 2.24) is 5.32 Å². The second-order valence-electron chi connectivity index (χ2n) is 8.28. The summed E-state index contributed by atoms with van der Waals surface area (Å²) in [7, 11) is 1.29. The van der Waals surface area contributed by atoms with E-state index in [1.54, 1.807) is 18.2 Å². The Labute approximate surface area is 201 Å². The molecule has 0 bridgehead atoms. The Morgan fingerprint density at radius 2 is 1.53 bits per heavy atom. The summed E-state index contributed by atoms with van der Waals surface area (Å²) in [4.78, 5) is 48.0. The van der Waals surface area contributed by atoms with Gasteiger partial charge in [0.05, 0.1) is 7.11 Å². The van der Waals surface area contributed by atoms with Crippen molar-refractivity contribution in [3.8, 4) is 11.5 Å². The summed E-state index contributed by atoms with van der Waals surface area (Å²) in [6.07, 6.45) is 2.23. The van der Waals surface area contributed by atoms with Gasteiger partial charge in [0.25, 0.3) is 0 Å². The number of carbonyl (C=O) groups excluding carboxylic acids is 4. The van der Waals surface area contributed by atoms with Gasteiger partial charge in [-0.3, -0.25) is 19.2 Å². The minimum absolute atomic E-state index is 0.116. The van der Waals surface area contributed by atoms with E-state index < -0.39 is 23.9 Å². The van der Waals surface area contributed by atoms with E-state index in [-0.39, 0.29) is 55.8 Å². The molecule has 34 heavy (non-hydrogen) atoms. The Hall–Kier alpha value is -2.94. The molecular formula is C25H37NO8. The van der Waals surface area contributed by atoms with Crippen molar-refractivity contribution < 1.29 is 38.1 Å². The van der Waals surface area contributed by atoms with E-state index in [9.17, 15) is 19.2 Å². The standard InChI is InChI=1S/C25H37NO8/c1-6-8-22(27)33-20-11-10-18(16-21(20)34-23(28)9-7-2)15-19(25(30)31-5)26-12-13-32-24(29)14-17(3)4/h10-11,16-17,19,26H,6-9,12-15H2,1-5H3/t19-/m0/s1. The zero-order chi connectivity index (χ0) is 25.5. The molecular weight excluding hydrogens is 442 g/mol. The van der Waals surface area contributed by atoms with Gasteiger partial charge in [0.15, 0.2) is 11.5 Å². The van der Waals surface area contributed by atoms with Gasteiger partial charge in [-0.2, -0.15) is 0 Å². The molecule has 9 heteroatoms. The molecule has 1 rings (SSSR count). The number of rotatable bonds is 15. The van der Waals surface area contributed by atoms with E-state index in [0.29, 0.717) is 24.8 Å². The molecule has 0 aromatic heterocycles. The molecule has 0 spiro atoms. The van der Waals surface area contributed by atoms with Crippen LogP contribution in [0, 0.1) is 5.92 Å². The monoisotopic (exact) mass is 479 g/mol. The lowest BCUT2D eigenvalue weighted by Crippen LogP contribution is -2.41. The Kier molecular flexibility index (Phi) is 13.5. The topological polar surface area (TPSA) is 117 Å². The predicted octanol–water partition coefficient (Wildman–Crippen LogP) is 3.36. The molecule has 1 N–H and O–H groups in total. The maximum atomic E-state index is 12.3. The van der Waals surface area contributed by atoms with E-state index in [4.69, 9.17) is 18.9 Å². The Balaban J connectivity index is 2.92. The minimum atomic E-state index is -0.721. The van der Waals surface area contributed by atoms with Gasteiger partial charge >= 0.3 is 23.9 Å². The van der Waals surface area contributed by atoms with Gasteiger partial charge in [-0.1, -0.05) is 33.8 Å². The molecule has 0 radical (unpaired) electrons. The minimum Gasteiger partial charge on any atom is -0.468 e. The summed E-state index contributed by atoms with van der Waals surface area (Å²) in [6.45, 7) is 7.94. The molecule has 1 aromatic rings. The number of methoxy groups -OCH3 is 1. The van der Waals surface area contributed by atoms with Crippen LogP contribution in [0.2, 0.25) is 0 Å². The van der Waals surface area contributed by atoms with E-state index in [2.05, 4.69) is 5.32 Å². The molecule has 0 heterocycles. The van der Waals surface area contributed by atoms with Crippen molar-refractivity contribution in [3.63, 3.8) is 0 Å². The molecule has 0 aliphatic carbocycles. The molecule has 9 nitrogen and oxygen atoms in total. The van der Waals surface area contributed by atoms with Crippen LogP contribution in [0.15, 0.2) is 18.2 Å². The van der Waals surface area contributed by atoms with Gasteiger partial charge in [0.2, 0.25) is 0 Å². The van der Waals surface area contributed by atoms with Gasteiger partial charge in [0.1, 0.15) is 12.6 Å². The third-order valence-electron chi connectivity index (χ3n) is 4.62.